The predicted molar refractivity (Wildman–Crippen MR) is 184 cm³/mol. The first-order chi connectivity index (χ1) is 23.2. The summed E-state index contributed by atoms with van der Waals surface area (Å²) >= 11 is 0. The van der Waals surface area contributed by atoms with E-state index in [1.165, 1.54) is 12.1 Å². The molecule has 1 aliphatic rings. The van der Waals surface area contributed by atoms with E-state index in [1.807, 2.05) is 36.1 Å². The van der Waals surface area contributed by atoms with Crippen molar-refractivity contribution in [2.24, 2.45) is 0 Å². The van der Waals surface area contributed by atoms with Gasteiger partial charge >= 0.3 is 0 Å². The number of carbonyl (C=O) groups excluding carboxylic acids is 3. The van der Waals surface area contributed by atoms with Crippen molar-refractivity contribution >= 4 is 23.4 Å². The number of nitrogens with one attached hydrogen (secondary N) is 1. The van der Waals surface area contributed by atoms with Crippen molar-refractivity contribution in [3.05, 3.63) is 112 Å². The van der Waals surface area contributed by atoms with Crippen LogP contribution in [-0.2, 0) is 24.2 Å². The van der Waals surface area contributed by atoms with Crippen molar-refractivity contribution in [2.45, 2.75) is 71.9 Å². The summed E-state index contributed by atoms with van der Waals surface area (Å²) in [4.78, 5) is 44.6. The highest BCUT2D eigenvalue weighted by atomic mass is 19.1. The maximum absolute atomic E-state index is 14.5. The molecular formula is C38H44FN5O4. The average Bonchev–Trinajstić information content (AvgIpc) is 3.49. The number of benzene rings is 3. The third-order valence-electron chi connectivity index (χ3n) is 8.80. The van der Waals surface area contributed by atoms with Crippen LogP contribution in [0.4, 0.5) is 10.1 Å². The molecule has 2 N–H and O–H groups in total. The molecule has 0 aliphatic carbocycles. The maximum Gasteiger partial charge on any atom is 0.274 e. The number of fused-ring (bicyclic) bond motifs is 1. The van der Waals surface area contributed by atoms with Gasteiger partial charge in [0.1, 0.15) is 5.82 Å². The number of nitrogens with zero attached hydrogens (tertiary/aromatic N) is 4. The predicted octanol–water partition coefficient (Wildman–Crippen LogP) is 6.10. The highest BCUT2D eigenvalue weighted by Gasteiger charge is 2.32. The van der Waals surface area contributed by atoms with Gasteiger partial charge in [0.2, 0.25) is 5.91 Å². The molecule has 0 saturated carbocycles. The first kappa shape index (κ1) is 34.5. The second-order valence-electron chi connectivity index (χ2n) is 12.4. The standard InChI is InChI=1S/C38H44FN5O4/c1-4-6-18-42(19-7-5-2)38(48)34-20-26(3)44(41-34)35-17-16-31(40-36(46)21-27-12-14-30(39)15-13-27)23-33(35)37(47)43-24-29-11-9-8-10-28(29)22-32(43)25-45/h8-17,20,23,32,45H,4-7,18-19,21-22,24-25H2,1-3H3,(H,40,46)/t32-/m0/s1. The van der Waals surface area contributed by atoms with Crippen LogP contribution in [0.3, 0.4) is 0 Å². The van der Waals surface area contributed by atoms with E-state index in [2.05, 4.69) is 19.2 Å². The molecule has 252 valence electrons. The molecule has 9 nitrogen and oxygen atoms in total. The molecular weight excluding hydrogens is 609 g/mol. The van der Waals surface area contributed by atoms with Gasteiger partial charge in [-0.2, -0.15) is 5.10 Å². The fourth-order valence-electron chi connectivity index (χ4n) is 6.10. The SMILES string of the molecule is CCCCN(CCCC)C(=O)c1cc(C)n(-c2ccc(NC(=O)Cc3ccc(F)cc3)cc2C(=O)N2Cc3ccccc3C[C@H]2CO)n1. The molecule has 5 rings (SSSR count). The van der Waals surface area contributed by atoms with Gasteiger partial charge in [-0.05, 0) is 79.3 Å². The van der Waals surface area contributed by atoms with Gasteiger partial charge in [-0.3, -0.25) is 14.4 Å². The van der Waals surface area contributed by atoms with Crippen molar-refractivity contribution in [2.75, 3.05) is 25.0 Å². The fraction of sp³-hybridized carbons (Fsp3) is 0.368. The van der Waals surface area contributed by atoms with E-state index in [1.54, 1.807) is 46.0 Å². The normalized spacial score (nSPS) is 14.0. The van der Waals surface area contributed by atoms with E-state index in [4.69, 9.17) is 5.10 Å². The van der Waals surface area contributed by atoms with Crippen molar-refractivity contribution in [1.82, 2.24) is 19.6 Å². The van der Waals surface area contributed by atoms with Gasteiger partial charge in [0.25, 0.3) is 11.8 Å². The summed E-state index contributed by atoms with van der Waals surface area (Å²) in [6.07, 6.45) is 4.26. The fourth-order valence-corrected chi connectivity index (χ4v) is 6.10. The first-order valence-corrected chi connectivity index (χ1v) is 16.8. The van der Waals surface area contributed by atoms with Gasteiger partial charge in [-0.1, -0.05) is 63.1 Å². The van der Waals surface area contributed by atoms with Crippen LogP contribution in [0.5, 0.6) is 0 Å². The summed E-state index contributed by atoms with van der Waals surface area (Å²) in [5.41, 5.74) is 4.84. The number of hydrogen-bond acceptors (Lipinski definition) is 5. The molecule has 0 fully saturated rings. The number of unbranched alkanes of at least 4 members (excludes halogenated alkanes) is 2. The summed E-state index contributed by atoms with van der Waals surface area (Å²) in [5.74, 6) is -1.18. The Labute approximate surface area is 281 Å². The van der Waals surface area contributed by atoms with Crippen LogP contribution < -0.4 is 5.32 Å². The number of anilines is 1. The molecule has 10 heteroatoms. The van der Waals surface area contributed by atoms with Crippen molar-refractivity contribution in [1.29, 1.82) is 0 Å². The van der Waals surface area contributed by atoms with Crippen molar-refractivity contribution < 1.29 is 23.9 Å². The monoisotopic (exact) mass is 653 g/mol. The lowest BCUT2D eigenvalue weighted by Crippen LogP contribution is -2.46. The van der Waals surface area contributed by atoms with Gasteiger partial charge in [0.05, 0.1) is 30.3 Å². The van der Waals surface area contributed by atoms with Gasteiger partial charge < -0.3 is 20.2 Å². The summed E-state index contributed by atoms with van der Waals surface area (Å²) < 4.78 is 15.0. The molecule has 3 aromatic carbocycles. The van der Waals surface area contributed by atoms with E-state index < -0.39 is 6.04 Å². The minimum atomic E-state index is -0.446. The quantitative estimate of drug-likeness (QED) is 0.181. The van der Waals surface area contributed by atoms with Crippen LogP contribution >= 0.6 is 0 Å². The van der Waals surface area contributed by atoms with Crippen LogP contribution in [0.25, 0.3) is 5.69 Å². The Hall–Kier alpha value is -4.83. The Morgan fingerprint density at radius 2 is 1.65 bits per heavy atom. The van der Waals surface area contributed by atoms with Gasteiger partial charge in [0, 0.05) is 31.0 Å². The third kappa shape index (κ3) is 7.99. The van der Waals surface area contributed by atoms with Crippen LogP contribution in [0, 0.1) is 12.7 Å². The van der Waals surface area contributed by atoms with Crippen LogP contribution in [0.2, 0.25) is 0 Å². The Bertz CT molecular complexity index is 1740. The molecule has 1 aliphatic heterocycles. The maximum atomic E-state index is 14.5. The lowest BCUT2D eigenvalue weighted by atomic mass is 9.93. The van der Waals surface area contributed by atoms with E-state index in [-0.39, 0.29) is 42.1 Å². The highest BCUT2D eigenvalue weighted by Crippen LogP contribution is 2.29. The lowest BCUT2D eigenvalue weighted by molar-refractivity contribution is -0.115. The Morgan fingerprint density at radius 1 is 0.958 bits per heavy atom. The van der Waals surface area contributed by atoms with Gasteiger partial charge in [-0.25, -0.2) is 9.07 Å². The average molecular weight is 654 g/mol. The summed E-state index contributed by atoms with van der Waals surface area (Å²) in [6, 6.07) is 19.9. The molecule has 1 aromatic heterocycles. The van der Waals surface area contributed by atoms with Crippen molar-refractivity contribution in [3.8, 4) is 5.69 Å². The summed E-state index contributed by atoms with van der Waals surface area (Å²) in [6.45, 7) is 7.42. The molecule has 48 heavy (non-hydrogen) atoms. The Morgan fingerprint density at radius 3 is 2.31 bits per heavy atom. The third-order valence-corrected chi connectivity index (χ3v) is 8.80. The molecule has 0 unspecified atom stereocenters. The number of hydrogen-bond donors (Lipinski definition) is 2. The zero-order valence-corrected chi connectivity index (χ0v) is 27.9. The minimum absolute atomic E-state index is 0.0249. The van der Waals surface area contributed by atoms with E-state index in [0.717, 1.165) is 36.8 Å². The number of aromatic nitrogens is 2. The topological polar surface area (TPSA) is 108 Å². The number of amides is 3. The molecule has 3 amide bonds. The number of aliphatic hydroxyl groups is 1. The Balaban J connectivity index is 1.51. The molecule has 0 radical (unpaired) electrons. The molecule has 1 atom stereocenters. The summed E-state index contributed by atoms with van der Waals surface area (Å²) in [5, 5.41) is 17.9. The highest BCUT2D eigenvalue weighted by molar-refractivity contribution is 6.01. The van der Waals surface area contributed by atoms with E-state index >= 15 is 0 Å². The molecule has 2 heterocycles. The number of aliphatic hydroxyl groups excluding tert-OH is 1. The lowest BCUT2D eigenvalue weighted by Gasteiger charge is -2.36. The van der Waals surface area contributed by atoms with Gasteiger partial charge in [0.15, 0.2) is 5.69 Å². The van der Waals surface area contributed by atoms with Crippen LogP contribution in [0.15, 0.2) is 72.8 Å². The molecule has 0 bridgehead atoms. The molecule has 0 saturated heterocycles. The number of carbonyl (C=O) groups is 3. The number of aryl methyl sites for hydroxylation is 1. The second-order valence-corrected chi connectivity index (χ2v) is 12.4. The number of halogens is 1. The second kappa shape index (κ2) is 15.8. The zero-order valence-electron chi connectivity index (χ0n) is 27.9. The Kier molecular flexibility index (Phi) is 11.4. The van der Waals surface area contributed by atoms with Crippen LogP contribution in [0.1, 0.15) is 82.8 Å². The minimum Gasteiger partial charge on any atom is -0.394 e. The van der Waals surface area contributed by atoms with E-state index in [0.29, 0.717) is 54.4 Å². The molecule has 0 spiro atoms. The summed E-state index contributed by atoms with van der Waals surface area (Å²) in [7, 11) is 0. The molecule has 4 aromatic rings. The van der Waals surface area contributed by atoms with E-state index in [9.17, 15) is 23.9 Å². The zero-order chi connectivity index (χ0) is 34.2. The van der Waals surface area contributed by atoms with Gasteiger partial charge in [-0.15, -0.1) is 0 Å². The largest absolute Gasteiger partial charge is 0.394 e. The van der Waals surface area contributed by atoms with Crippen LogP contribution in [-0.4, -0.2) is 68.1 Å². The smallest absolute Gasteiger partial charge is 0.274 e. The number of rotatable bonds is 13. The van der Waals surface area contributed by atoms with Crippen molar-refractivity contribution in [3.63, 3.8) is 0 Å². The first-order valence-electron chi connectivity index (χ1n) is 16.8.